The van der Waals surface area contributed by atoms with Gasteiger partial charge in [0.2, 0.25) is 0 Å². The van der Waals surface area contributed by atoms with Crippen LogP contribution in [0.15, 0.2) is 12.7 Å². The fraction of sp³-hybridized carbons (Fsp3) is 0.833. The Hall–Kier alpha value is -0.300. The molecule has 13 heavy (non-hydrogen) atoms. The van der Waals surface area contributed by atoms with E-state index in [0.717, 1.165) is 19.3 Å². The monoisotopic (exact) mass is 188 g/mol. The van der Waals surface area contributed by atoms with Gasteiger partial charge in [-0.25, -0.2) is 0 Å². The third-order valence-electron chi connectivity index (χ3n) is 1.48. The van der Waals surface area contributed by atoms with Crippen molar-refractivity contribution in [2.75, 3.05) is 0 Å². The van der Waals surface area contributed by atoms with Gasteiger partial charge in [-0.05, 0) is 13.3 Å². The molecule has 0 radical (unpaired) electrons. The van der Waals surface area contributed by atoms with Crippen LogP contribution in [0, 0.1) is 0 Å². The molecule has 0 saturated heterocycles. The first-order valence-electron chi connectivity index (χ1n) is 5.48. The summed E-state index contributed by atoms with van der Waals surface area (Å²) < 4.78 is 0. The van der Waals surface area contributed by atoms with E-state index >= 15 is 0 Å². The van der Waals surface area contributed by atoms with Gasteiger partial charge in [-0.3, -0.25) is 0 Å². The van der Waals surface area contributed by atoms with Crippen LogP contribution in [0.5, 0.6) is 0 Å². The number of rotatable bonds is 4. The molecule has 0 amide bonds. The summed E-state index contributed by atoms with van der Waals surface area (Å²) in [6, 6.07) is 0. The van der Waals surface area contributed by atoms with Crippen molar-refractivity contribution in [2.24, 2.45) is 0 Å². The third-order valence-corrected chi connectivity index (χ3v) is 1.48. The summed E-state index contributed by atoms with van der Waals surface area (Å²) in [6.45, 7) is 15.4. The lowest BCUT2D eigenvalue weighted by Gasteiger charge is -2.16. The lowest BCUT2D eigenvalue weighted by atomic mass is 10.00. The fourth-order valence-corrected chi connectivity index (χ4v) is 0.637. The summed E-state index contributed by atoms with van der Waals surface area (Å²) in [6.07, 6.45) is 4.62. The van der Waals surface area contributed by atoms with E-state index in [1.165, 1.54) is 0 Å². The van der Waals surface area contributed by atoms with Crippen molar-refractivity contribution < 1.29 is 5.11 Å². The molecule has 82 valence electrons. The fourth-order valence-electron chi connectivity index (χ4n) is 0.637. The highest BCUT2D eigenvalue weighted by molar-refractivity contribution is 4.90. The minimum absolute atomic E-state index is 0.643. The van der Waals surface area contributed by atoms with Crippen molar-refractivity contribution in [3.63, 3.8) is 0 Å². The maximum absolute atomic E-state index is 9.34. The Labute approximate surface area is 84.9 Å². The molecule has 0 aromatic carbocycles. The van der Waals surface area contributed by atoms with Gasteiger partial charge < -0.3 is 5.11 Å². The lowest BCUT2D eigenvalue weighted by molar-refractivity contribution is 0.0995. The van der Waals surface area contributed by atoms with Gasteiger partial charge in [0.25, 0.3) is 0 Å². The van der Waals surface area contributed by atoms with Crippen LogP contribution in [0.2, 0.25) is 0 Å². The quantitative estimate of drug-likeness (QED) is 0.657. The molecule has 1 heteroatoms. The molecule has 1 nitrogen and oxygen atoms in total. The molecule has 0 aliphatic heterocycles. The van der Waals surface area contributed by atoms with Crippen molar-refractivity contribution >= 4 is 0 Å². The third kappa shape index (κ3) is 18.6. The van der Waals surface area contributed by atoms with Crippen LogP contribution >= 0.6 is 0 Å². The van der Waals surface area contributed by atoms with E-state index in [4.69, 9.17) is 0 Å². The minimum Gasteiger partial charge on any atom is -0.386 e. The highest BCUT2D eigenvalue weighted by Crippen LogP contribution is 2.13. The molecule has 0 fully saturated rings. The van der Waals surface area contributed by atoms with Crippen LogP contribution in [0.1, 0.15) is 60.8 Å². The maximum atomic E-state index is 9.34. The lowest BCUT2D eigenvalue weighted by Crippen LogP contribution is -2.19. The number of unbranched alkanes of at least 4 members (excludes halogenated alkanes) is 1. The zero-order chi connectivity index (χ0) is 11.3. The summed E-state index contributed by atoms with van der Waals surface area (Å²) >= 11 is 0. The molecule has 1 unspecified atom stereocenters. The Morgan fingerprint density at radius 3 is 1.85 bits per heavy atom. The molecular weight excluding hydrogens is 160 g/mol. The van der Waals surface area contributed by atoms with E-state index in [9.17, 15) is 5.11 Å². The van der Waals surface area contributed by atoms with Crippen molar-refractivity contribution in [3.8, 4) is 0 Å². The average molecular weight is 188 g/mol. The number of hydrogen-bond donors (Lipinski definition) is 1. The standard InChI is InChI=1S/C8H16O.2C2H6/c1-4-6-7-8(3,9)5-2;2*1-2/h5,9H,2,4,6-7H2,1,3H3;2*1-2H3. The molecule has 0 bridgehead atoms. The van der Waals surface area contributed by atoms with Crippen LogP contribution in [0.3, 0.4) is 0 Å². The summed E-state index contributed by atoms with van der Waals surface area (Å²) in [5, 5.41) is 9.34. The van der Waals surface area contributed by atoms with Gasteiger partial charge >= 0.3 is 0 Å². The second-order valence-corrected chi connectivity index (χ2v) is 2.66. The van der Waals surface area contributed by atoms with Crippen molar-refractivity contribution in [1.82, 2.24) is 0 Å². The van der Waals surface area contributed by atoms with Gasteiger partial charge in [-0.15, -0.1) is 6.58 Å². The van der Waals surface area contributed by atoms with Crippen molar-refractivity contribution in [2.45, 2.75) is 66.4 Å². The van der Waals surface area contributed by atoms with Crippen molar-refractivity contribution in [3.05, 3.63) is 12.7 Å². The topological polar surface area (TPSA) is 20.2 Å². The van der Waals surface area contributed by atoms with Gasteiger partial charge in [-0.1, -0.05) is 53.5 Å². The SMILES string of the molecule is C=CC(C)(O)CCCC.CC.CC. The number of hydrogen-bond acceptors (Lipinski definition) is 1. The van der Waals surface area contributed by atoms with Crippen LogP contribution in [-0.4, -0.2) is 10.7 Å². The Morgan fingerprint density at radius 2 is 1.62 bits per heavy atom. The van der Waals surface area contributed by atoms with Crippen LogP contribution in [-0.2, 0) is 0 Å². The minimum atomic E-state index is -0.643. The first kappa shape index (κ1) is 18.5. The van der Waals surface area contributed by atoms with Gasteiger partial charge in [0.05, 0.1) is 5.60 Å². The predicted octanol–water partition coefficient (Wildman–Crippen LogP) is 4.17. The molecule has 1 atom stereocenters. The van der Waals surface area contributed by atoms with Gasteiger partial charge in [0.15, 0.2) is 0 Å². The summed E-state index contributed by atoms with van der Waals surface area (Å²) in [4.78, 5) is 0. The van der Waals surface area contributed by atoms with E-state index in [2.05, 4.69) is 13.5 Å². The zero-order valence-electron chi connectivity index (χ0n) is 10.4. The maximum Gasteiger partial charge on any atom is 0.0797 e. The largest absolute Gasteiger partial charge is 0.386 e. The Bertz CT molecular complexity index is 85.1. The van der Waals surface area contributed by atoms with Gasteiger partial charge in [0, 0.05) is 0 Å². The number of aliphatic hydroxyl groups is 1. The first-order chi connectivity index (χ1) is 6.12. The van der Waals surface area contributed by atoms with Crippen LogP contribution in [0.25, 0.3) is 0 Å². The highest BCUT2D eigenvalue weighted by Gasteiger charge is 2.12. The van der Waals surface area contributed by atoms with E-state index in [1.807, 2.05) is 27.7 Å². The molecular formula is C12H28O. The van der Waals surface area contributed by atoms with E-state index < -0.39 is 5.60 Å². The predicted molar refractivity (Wildman–Crippen MR) is 63.0 cm³/mol. The smallest absolute Gasteiger partial charge is 0.0797 e. The Morgan fingerprint density at radius 1 is 1.23 bits per heavy atom. The molecule has 0 saturated carbocycles. The molecule has 1 N–H and O–H groups in total. The van der Waals surface area contributed by atoms with Gasteiger partial charge in [0.1, 0.15) is 0 Å². The second kappa shape index (κ2) is 14.2. The Kier molecular flexibility index (Phi) is 20.2. The van der Waals surface area contributed by atoms with Crippen molar-refractivity contribution in [1.29, 1.82) is 0 Å². The summed E-state index contributed by atoms with van der Waals surface area (Å²) in [7, 11) is 0. The van der Waals surface area contributed by atoms with Crippen LogP contribution < -0.4 is 0 Å². The first-order valence-corrected chi connectivity index (χ1v) is 5.48. The van der Waals surface area contributed by atoms with Gasteiger partial charge in [-0.2, -0.15) is 0 Å². The van der Waals surface area contributed by atoms with E-state index in [0.29, 0.717) is 0 Å². The zero-order valence-corrected chi connectivity index (χ0v) is 10.4. The molecule has 0 aromatic rings. The molecule has 0 rings (SSSR count). The molecule has 0 aliphatic carbocycles. The van der Waals surface area contributed by atoms with E-state index in [-0.39, 0.29) is 0 Å². The highest BCUT2D eigenvalue weighted by atomic mass is 16.3. The average Bonchev–Trinajstić information content (AvgIpc) is 2.21. The molecule has 0 aromatic heterocycles. The molecule has 0 heterocycles. The second-order valence-electron chi connectivity index (χ2n) is 2.66. The van der Waals surface area contributed by atoms with Crippen LogP contribution in [0.4, 0.5) is 0 Å². The molecule has 0 spiro atoms. The summed E-state index contributed by atoms with van der Waals surface area (Å²) in [5.41, 5.74) is -0.643. The van der Waals surface area contributed by atoms with E-state index in [1.54, 1.807) is 13.0 Å². The molecule has 0 aliphatic rings. The summed E-state index contributed by atoms with van der Waals surface area (Å²) in [5.74, 6) is 0. The Balaban J connectivity index is -0.000000218. The normalized spacial score (nSPS) is 12.5.